The van der Waals surface area contributed by atoms with E-state index >= 15 is 0 Å². The second kappa shape index (κ2) is 3.88. The third kappa shape index (κ3) is 1.73. The standard InChI is InChI=1S/C10H13N5O/c1-6-7(2)12-10-9(13-16-14-10)8(6)11-5-15(3)4/h5H,1-4H3/b11-5+. The van der Waals surface area contributed by atoms with Crippen LogP contribution in [0.2, 0.25) is 0 Å². The fourth-order valence-electron chi connectivity index (χ4n) is 1.33. The zero-order chi connectivity index (χ0) is 11.7. The summed E-state index contributed by atoms with van der Waals surface area (Å²) < 4.78 is 4.67. The Labute approximate surface area is 92.9 Å². The molecule has 16 heavy (non-hydrogen) atoms. The van der Waals surface area contributed by atoms with Crippen LogP contribution >= 0.6 is 0 Å². The molecule has 0 aliphatic heterocycles. The summed E-state index contributed by atoms with van der Waals surface area (Å²) in [4.78, 5) is 10.5. The van der Waals surface area contributed by atoms with Crippen molar-refractivity contribution >= 4 is 23.2 Å². The van der Waals surface area contributed by atoms with Crippen LogP contribution in [0.4, 0.5) is 5.69 Å². The monoisotopic (exact) mass is 219 g/mol. The summed E-state index contributed by atoms with van der Waals surface area (Å²) in [5.41, 5.74) is 3.73. The van der Waals surface area contributed by atoms with E-state index in [4.69, 9.17) is 0 Å². The Morgan fingerprint density at radius 2 is 2.00 bits per heavy atom. The van der Waals surface area contributed by atoms with Crippen LogP contribution in [0, 0.1) is 13.8 Å². The molecule has 0 radical (unpaired) electrons. The number of nitrogens with zero attached hydrogens (tertiary/aromatic N) is 5. The van der Waals surface area contributed by atoms with Crippen molar-refractivity contribution in [3.63, 3.8) is 0 Å². The van der Waals surface area contributed by atoms with Crippen LogP contribution in [0.5, 0.6) is 0 Å². The maximum atomic E-state index is 4.67. The van der Waals surface area contributed by atoms with Crippen LogP contribution in [0.25, 0.3) is 11.2 Å². The number of hydrogen-bond acceptors (Lipinski definition) is 5. The first-order chi connectivity index (χ1) is 7.59. The summed E-state index contributed by atoms with van der Waals surface area (Å²) >= 11 is 0. The molecule has 0 spiro atoms. The van der Waals surface area contributed by atoms with Gasteiger partial charge in [-0.25, -0.2) is 14.6 Å². The van der Waals surface area contributed by atoms with Gasteiger partial charge in [0.1, 0.15) is 5.69 Å². The van der Waals surface area contributed by atoms with E-state index in [9.17, 15) is 0 Å². The minimum atomic E-state index is 0.494. The van der Waals surface area contributed by atoms with Crippen LogP contribution < -0.4 is 0 Å². The summed E-state index contributed by atoms with van der Waals surface area (Å²) in [6.07, 6.45) is 1.72. The molecule has 0 aliphatic rings. The number of pyridine rings is 1. The fourth-order valence-corrected chi connectivity index (χ4v) is 1.33. The molecular weight excluding hydrogens is 206 g/mol. The van der Waals surface area contributed by atoms with Gasteiger partial charge in [0.05, 0.1) is 6.34 Å². The van der Waals surface area contributed by atoms with Gasteiger partial charge in [0.15, 0.2) is 5.52 Å². The van der Waals surface area contributed by atoms with E-state index in [1.165, 1.54) is 0 Å². The Morgan fingerprint density at radius 1 is 1.25 bits per heavy atom. The van der Waals surface area contributed by atoms with Crippen molar-refractivity contribution in [3.8, 4) is 0 Å². The Hall–Kier alpha value is -1.98. The first-order valence-electron chi connectivity index (χ1n) is 4.89. The van der Waals surface area contributed by atoms with Crippen molar-refractivity contribution in [3.05, 3.63) is 11.3 Å². The van der Waals surface area contributed by atoms with Gasteiger partial charge in [-0.3, -0.25) is 0 Å². The Balaban J connectivity index is 2.64. The Morgan fingerprint density at radius 3 is 2.69 bits per heavy atom. The van der Waals surface area contributed by atoms with E-state index < -0.39 is 0 Å². The van der Waals surface area contributed by atoms with Gasteiger partial charge >= 0.3 is 0 Å². The normalized spacial score (nSPS) is 11.5. The predicted molar refractivity (Wildman–Crippen MR) is 60.9 cm³/mol. The minimum absolute atomic E-state index is 0.494. The summed E-state index contributed by atoms with van der Waals surface area (Å²) in [5.74, 6) is 0. The van der Waals surface area contributed by atoms with Crippen molar-refractivity contribution in [1.82, 2.24) is 20.2 Å². The van der Waals surface area contributed by atoms with Gasteiger partial charge in [-0.1, -0.05) is 0 Å². The van der Waals surface area contributed by atoms with E-state index in [1.54, 1.807) is 6.34 Å². The molecule has 0 amide bonds. The quantitative estimate of drug-likeness (QED) is 0.565. The summed E-state index contributed by atoms with van der Waals surface area (Å²) in [5, 5.41) is 7.54. The molecular formula is C10H13N5O. The Bertz CT molecular complexity index is 543. The third-order valence-corrected chi connectivity index (χ3v) is 2.28. The van der Waals surface area contributed by atoms with Crippen LogP contribution in [0.3, 0.4) is 0 Å². The van der Waals surface area contributed by atoms with Crippen LogP contribution in [0.1, 0.15) is 11.3 Å². The van der Waals surface area contributed by atoms with Crippen LogP contribution in [0.15, 0.2) is 9.62 Å². The molecule has 84 valence electrons. The molecule has 0 unspecified atom stereocenters. The summed E-state index contributed by atoms with van der Waals surface area (Å²) in [7, 11) is 3.82. The van der Waals surface area contributed by atoms with Gasteiger partial charge < -0.3 is 4.90 Å². The average molecular weight is 219 g/mol. The molecule has 0 fully saturated rings. The molecule has 0 bridgehead atoms. The average Bonchev–Trinajstić information content (AvgIpc) is 2.65. The largest absolute Gasteiger partial charge is 0.369 e. The van der Waals surface area contributed by atoms with Gasteiger partial charge in [0, 0.05) is 19.8 Å². The second-order valence-corrected chi connectivity index (χ2v) is 3.82. The van der Waals surface area contributed by atoms with E-state index in [1.807, 2.05) is 32.8 Å². The third-order valence-electron chi connectivity index (χ3n) is 2.28. The number of rotatable bonds is 2. The van der Waals surface area contributed by atoms with Crippen molar-refractivity contribution in [1.29, 1.82) is 0 Å². The van der Waals surface area contributed by atoms with Gasteiger partial charge in [-0.05, 0) is 29.7 Å². The van der Waals surface area contributed by atoms with Crippen molar-refractivity contribution < 1.29 is 4.63 Å². The zero-order valence-corrected chi connectivity index (χ0v) is 9.72. The summed E-state index contributed by atoms with van der Waals surface area (Å²) in [6.45, 7) is 3.87. The topological polar surface area (TPSA) is 67.4 Å². The fraction of sp³-hybridized carbons (Fsp3) is 0.400. The smallest absolute Gasteiger partial charge is 0.226 e. The lowest BCUT2D eigenvalue weighted by Crippen LogP contribution is -2.07. The molecule has 6 nitrogen and oxygen atoms in total. The molecule has 6 heteroatoms. The molecule has 2 heterocycles. The molecule has 0 N–H and O–H groups in total. The highest BCUT2D eigenvalue weighted by molar-refractivity contribution is 5.86. The zero-order valence-electron chi connectivity index (χ0n) is 9.72. The van der Waals surface area contributed by atoms with E-state index in [0.717, 1.165) is 16.9 Å². The number of aromatic nitrogens is 3. The summed E-state index contributed by atoms with van der Waals surface area (Å²) in [6, 6.07) is 0. The van der Waals surface area contributed by atoms with Crippen molar-refractivity contribution in [2.45, 2.75) is 13.8 Å². The molecule has 0 saturated heterocycles. The van der Waals surface area contributed by atoms with E-state index in [2.05, 4.69) is 24.9 Å². The number of aliphatic imine (C=N–C) groups is 1. The first-order valence-corrected chi connectivity index (χ1v) is 4.89. The lowest BCUT2D eigenvalue weighted by atomic mass is 10.2. The maximum Gasteiger partial charge on any atom is 0.226 e. The molecule has 0 saturated carbocycles. The number of fused-ring (bicyclic) bond motifs is 1. The highest BCUT2D eigenvalue weighted by Gasteiger charge is 2.12. The highest BCUT2D eigenvalue weighted by atomic mass is 16.6. The number of hydrogen-bond donors (Lipinski definition) is 0. The van der Waals surface area contributed by atoms with Crippen LogP contribution in [-0.2, 0) is 0 Å². The van der Waals surface area contributed by atoms with Crippen LogP contribution in [-0.4, -0.2) is 40.6 Å². The van der Waals surface area contributed by atoms with Gasteiger partial charge in [-0.2, -0.15) is 0 Å². The molecule has 0 atom stereocenters. The van der Waals surface area contributed by atoms with E-state index in [0.29, 0.717) is 11.2 Å². The number of aryl methyl sites for hydroxylation is 1. The highest BCUT2D eigenvalue weighted by Crippen LogP contribution is 2.27. The molecule has 2 rings (SSSR count). The molecule has 2 aromatic rings. The molecule has 0 aromatic carbocycles. The van der Waals surface area contributed by atoms with Gasteiger partial charge in [0.25, 0.3) is 0 Å². The van der Waals surface area contributed by atoms with Gasteiger partial charge in [-0.15, -0.1) is 0 Å². The molecule has 0 aliphatic carbocycles. The predicted octanol–water partition coefficient (Wildman–Crippen LogP) is 1.46. The van der Waals surface area contributed by atoms with Crippen molar-refractivity contribution in [2.75, 3.05) is 14.1 Å². The first kappa shape index (κ1) is 10.5. The van der Waals surface area contributed by atoms with E-state index in [-0.39, 0.29) is 0 Å². The second-order valence-electron chi connectivity index (χ2n) is 3.82. The molecule has 2 aromatic heterocycles. The SMILES string of the molecule is Cc1nc2nonc2c(/N=C/N(C)C)c1C. The lowest BCUT2D eigenvalue weighted by molar-refractivity contribution is 0.315. The minimum Gasteiger partial charge on any atom is -0.369 e. The van der Waals surface area contributed by atoms with Gasteiger partial charge in [0.2, 0.25) is 5.65 Å². The maximum absolute atomic E-state index is 4.67. The lowest BCUT2D eigenvalue weighted by Gasteiger charge is -2.05. The van der Waals surface area contributed by atoms with Crippen molar-refractivity contribution in [2.24, 2.45) is 4.99 Å². The Kier molecular flexibility index (Phi) is 2.55.